The fourth-order valence-electron chi connectivity index (χ4n) is 4.41. The maximum Gasteiger partial charge on any atom is 0.224 e. The summed E-state index contributed by atoms with van der Waals surface area (Å²) >= 11 is 0. The van der Waals surface area contributed by atoms with E-state index in [2.05, 4.69) is 40.5 Å². The van der Waals surface area contributed by atoms with E-state index in [4.69, 9.17) is 9.97 Å². The van der Waals surface area contributed by atoms with E-state index in [9.17, 15) is 9.18 Å². The molecule has 1 atom stereocenters. The van der Waals surface area contributed by atoms with Crippen molar-refractivity contribution in [1.29, 1.82) is 0 Å². The molecule has 0 bridgehead atoms. The first-order valence-corrected chi connectivity index (χ1v) is 11.6. The van der Waals surface area contributed by atoms with Gasteiger partial charge in [-0.1, -0.05) is 42.5 Å². The molecule has 4 rings (SSSR count). The molecule has 2 heterocycles. The number of rotatable bonds is 8. The minimum atomic E-state index is -0.282. The van der Waals surface area contributed by atoms with E-state index >= 15 is 0 Å². The van der Waals surface area contributed by atoms with Gasteiger partial charge < -0.3 is 10.2 Å². The predicted octanol–water partition coefficient (Wildman–Crippen LogP) is 4.12. The van der Waals surface area contributed by atoms with Crippen molar-refractivity contribution in [2.75, 3.05) is 19.6 Å². The largest absolute Gasteiger partial charge is 0.352 e. The first kappa shape index (κ1) is 23.1. The van der Waals surface area contributed by atoms with Crippen LogP contribution in [0.1, 0.15) is 46.2 Å². The second-order valence-electron chi connectivity index (χ2n) is 8.83. The molecule has 2 aromatic carbocycles. The third-order valence-corrected chi connectivity index (χ3v) is 6.38. The number of halogens is 1. The monoisotopic (exact) mass is 446 g/mol. The van der Waals surface area contributed by atoms with Crippen molar-refractivity contribution in [2.45, 2.75) is 45.6 Å². The Hall–Kier alpha value is -3.12. The van der Waals surface area contributed by atoms with E-state index in [0.717, 1.165) is 60.8 Å². The van der Waals surface area contributed by atoms with Crippen LogP contribution in [-0.2, 0) is 24.2 Å². The maximum absolute atomic E-state index is 13.0. The number of carbonyl (C=O) groups is 1. The van der Waals surface area contributed by atoms with Crippen molar-refractivity contribution in [3.63, 3.8) is 0 Å². The average Bonchev–Trinajstić information content (AvgIpc) is 3.29. The zero-order valence-electron chi connectivity index (χ0n) is 19.4. The lowest BCUT2D eigenvalue weighted by atomic mass is 10.0. The summed E-state index contributed by atoms with van der Waals surface area (Å²) in [4.78, 5) is 24.6. The first-order valence-electron chi connectivity index (χ1n) is 11.6. The number of benzene rings is 2. The molecular weight excluding hydrogens is 415 g/mol. The van der Waals surface area contributed by atoms with E-state index in [1.165, 1.54) is 17.7 Å². The number of carbonyl (C=O) groups excluding carboxylic acids is 1. The van der Waals surface area contributed by atoms with Crippen molar-refractivity contribution >= 4 is 5.91 Å². The van der Waals surface area contributed by atoms with Crippen LogP contribution in [0, 0.1) is 19.7 Å². The van der Waals surface area contributed by atoms with Crippen molar-refractivity contribution in [3.8, 4) is 0 Å². The summed E-state index contributed by atoms with van der Waals surface area (Å²) in [5.41, 5.74) is 4.86. The van der Waals surface area contributed by atoms with Crippen LogP contribution in [0.25, 0.3) is 0 Å². The van der Waals surface area contributed by atoms with Crippen LogP contribution in [-0.4, -0.2) is 40.4 Å². The Morgan fingerprint density at radius 1 is 1.03 bits per heavy atom. The molecule has 1 fully saturated rings. The van der Waals surface area contributed by atoms with E-state index in [1.807, 2.05) is 13.8 Å². The van der Waals surface area contributed by atoms with Crippen LogP contribution in [0.2, 0.25) is 0 Å². The zero-order chi connectivity index (χ0) is 23.2. The lowest BCUT2D eigenvalue weighted by molar-refractivity contribution is -0.120. The van der Waals surface area contributed by atoms with Gasteiger partial charge in [-0.15, -0.1) is 0 Å². The highest BCUT2D eigenvalue weighted by molar-refractivity contribution is 5.79. The van der Waals surface area contributed by atoms with Gasteiger partial charge in [0, 0.05) is 42.5 Å². The molecule has 1 N–H and O–H groups in total. The number of aryl methyl sites for hydroxylation is 2. The van der Waals surface area contributed by atoms with E-state index < -0.39 is 0 Å². The molecule has 1 aliphatic heterocycles. The van der Waals surface area contributed by atoms with Crippen LogP contribution in [0.5, 0.6) is 0 Å². The Bertz CT molecular complexity index is 1060. The third-order valence-electron chi connectivity index (χ3n) is 6.38. The molecule has 1 amide bonds. The molecule has 0 unspecified atom stereocenters. The van der Waals surface area contributed by atoms with Gasteiger partial charge in [-0.05, 0) is 56.5 Å². The van der Waals surface area contributed by atoms with Crippen LogP contribution < -0.4 is 5.32 Å². The molecule has 5 nitrogen and oxygen atoms in total. The lowest BCUT2D eigenvalue weighted by Gasteiger charge is -2.17. The SMILES string of the molecule is Cc1nc([C@H]2CCN(CCc3ccccc3)C2)nc(C)c1CC(=O)NCc1ccc(F)cc1. The van der Waals surface area contributed by atoms with Gasteiger partial charge in [0.2, 0.25) is 5.91 Å². The summed E-state index contributed by atoms with van der Waals surface area (Å²) in [6, 6.07) is 16.7. The Morgan fingerprint density at radius 3 is 2.42 bits per heavy atom. The molecule has 33 heavy (non-hydrogen) atoms. The van der Waals surface area contributed by atoms with E-state index in [-0.39, 0.29) is 18.1 Å². The van der Waals surface area contributed by atoms with Gasteiger partial charge in [0.25, 0.3) is 0 Å². The first-order chi connectivity index (χ1) is 16.0. The Labute approximate surface area is 195 Å². The Balaban J connectivity index is 1.32. The predicted molar refractivity (Wildman–Crippen MR) is 127 cm³/mol. The molecule has 0 saturated carbocycles. The standard InChI is InChI=1S/C27H31FN4O/c1-19-25(16-26(33)29-17-22-8-10-24(28)11-9-22)20(2)31-27(30-19)23-13-15-32(18-23)14-12-21-6-4-3-5-7-21/h3-11,23H,12-18H2,1-2H3,(H,29,33)/t23-/m0/s1. The van der Waals surface area contributed by atoms with Gasteiger partial charge in [-0.3, -0.25) is 4.79 Å². The van der Waals surface area contributed by atoms with Crippen LogP contribution in [0.15, 0.2) is 54.6 Å². The third kappa shape index (κ3) is 6.23. The smallest absolute Gasteiger partial charge is 0.224 e. The number of hydrogen-bond donors (Lipinski definition) is 1. The second-order valence-corrected chi connectivity index (χ2v) is 8.83. The van der Waals surface area contributed by atoms with Crippen molar-refractivity contribution in [1.82, 2.24) is 20.2 Å². The van der Waals surface area contributed by atoms with E-state index in [0.29, 0.717) is 12.5 Å². The van der Waals surface area contributed by atoms with Crippen molar-refractivity contribution in [2.24, 2.45) is 0 Å². The Morgan fingerprint density at radius 2 is 1.73 bits per heavy atom. The quantitative estimate of drug-likeness (QED) is 0.566. The number of amides is 1. The van der Waals surface area contributed by atoms with E-state index in [1.54, 1.807) is 12.1 Å². The summed E-state index contributed by atoms with van der Waals surface area (Å²) in [6.45, 7) is 7.38. The fraction of sp³-hybridized carbons (Fsp3) is 0.370. The van der Waals surface area contributed by atoms with Gasteiger partial charge >= 0.3 is 0 Å². The molecule has 6 heteroatoms. The number of aromatic nitrogens is 2. The second kappa shape index (κ2) is 10.7. The summed E-state index contributed by atoms with van der Waals surface area (Å²) in [6.07, 6.45) is 2.36. The molecular formula is C27H31FN4O. The lowest BCUT2D eigenvalue weighted by Crippen LogP contribution is -2.26. The van der Waals surface area contributed by atoms with Gasteiger partial charge in [-0.2, -0.15) is 0 Å². The molecule has 0 spiro atoms. The minimum Gasteiger partial charge on any atom is -0.352 e. The number of nitrogens with zero attached hydrogens (tertiary/aromatic N) is 3. The fourth-order valence-corrected chi connectivity index (χ4v) is 4.41. The molecule has 1 aromatic heterocycles. The van der Waals surface area contributed by atoms with Crippen LogP contribution in [0.3, 0.4) is 0 Å². The number of nitrogens with one attached hydrogen (secondary N) is 1. The van der Waals surface area contributed by atoms with Crippen molar-refractivity contribution in [3.05, 3.63) is 94.3 Å². The summed E-state index contributed by atoms with van der Waals surface area (Å²) in [7, 11) is 0. The normalized spacial score (nSPS) is 16.2. The Kier molecular flexibility index (Phi) is 7.45. The van der Waals surface area contributed by atoms with Crippen molar-refractivity contribution < 1.29 is 9.18 Å². The molecule has 1 saturated heterocycles. The topological polar surface area (TPSA) is 58.1 Å². The average molecular weight is 447 g/mol. The van der Waals surface area contributed by atoms with Gasteiger partial charge in [-0.25, -0.2) is 14.4 Å². The molecule has 3 aromatic rings. The zero-order valence-corrected chi connectivity index (χ0v) is 19.4. The summed E-state index contributed by atoms with van der Waals surface area (Å²) in [5.74, 6) is 0.854. The minimum absolute atomic E-state index is 0.0881. The molecule has 1 aliphatic rings. The van der Waals surface area contributed by atoms with Gasteiger partial charge in [0.1, 0.15) is 11.6 Å². The molecule has 0 aliphatic carbocycles. The van der Waals surface area contributed by atoms with Crippen LogP contribution >= 0.6 is 0 Å². The number of likely N-dealkylation sites (tertiary alicyclic amines) is 1. The summed E-state index contributed by atoms with van der Waals surface area (Å²) in [5, 5.41) is 2.90. The highest BCUT2D eigenvalue weighted by atomic mass is 19.1. The maximum atomic E-state index is 13.0. The number of hydrogen-bond acceptors (Lipinski definition) is 4. The molecule has 0 radical (unpaired) electrons. The van der Waals surface area contributed by atoms with Crippen LogP contribution in [0.4, 0.5) is 4.39 Å². The summed E-state index contributed by atoms with van der Waals surface area (Å²) < 4.78 is 13.0. The highest BCUT2D eigenvalue weighted by Gasteiger charge is 2.27. The molecule has 172 valence electrons. The van der Waals surface area contributed by atoms with Gasteiger partial charge in [0.05, 0.1) is 6.42 Å². The highest BCUT2D eigenvalue weighted by Crippen LogP contribution is 2.26. The van der Waals surface area contributed by atoms with Gasteiger partial charge in [0.15, 0.2) is 0 Å².